The molecular weight excluding hydrogens is 222 g/mol. The lowest BCUT2D eigenvalue weighted by Gasteiger charge is -2.24. The van der Waals surface area contributed by atoms with Crippen LogP contribution in [0.4, 0.5) is 0 Å². The van der Waals surface area contributed by atoms with Crippen molar-refractivity contribution in [1.29, 1.82) is 0 Å². The maximum Gasteiger partial charge on any atom is 0.251 e. The Hall–Kier alpha value is -1.31. The summed E-state index contributed by atoms with van der Waals surface area (Å²) < 4.78 is 0. The van der Waals surface area contributed by atoms with E-state index in [4.69, 9.17) is 0 Å². The Kier molecular flexibility index (Phi) is 4.20. The maximum absolute atomic E-state index is 12.0. The van der Waals surface area contributed by atoms with Crippen LogP contribution in [0.15, 0.2) is 24.3 Å². The number of amides is 1. The molecule has 1 rings (SSSR count). The van der Waals surface area contributed by atoms with Gasteiger partial charge in [0.15, 0.2) is 0 Å². The summed E-state index contributed by atoms with van der Waals surface area (Å²) in [6.45, 7) is 12.6. The fourth-order valence-electron chi connectivity index (χ4n) is 1.69. The van der Waals surface area contributed by atoms with Crippen LogP contribution in [0.2, 0.25) is 0 Å². The maximum atomic E-state index is 12.0. The van der Waals surface area contributed by atoms with E-state index in [1.54, 1.807) is 0 Å². The molecular formula is C16H25NO. The van der Waals surface area contributed by atoms with Crippen molar-refractivity contribution in [1.82, 2.24) is 5.32 Å². The molecule has 0 saturated carbocycles. The summed E-state index contributed by atoms with van der Waals surface area (Å²) in [6, 6.07) is 7.93. The van der Waals surface area contributed by atoms with Crippen molar-refractivity contribution in [3.05, 3.63) is 35.4 Å². The van der Waals surface area contributed by atoms with Gasteiger partial charge in [0, 0.05) is 11.1 Å². The zero-order chi connectivity index (χ0) is 14.0. The van der Waals surface area contributed by atoms with Gasteiger partial charge in [-0.1, -0.05) is 32.9 Å². The van der Waals surface area contributed by atoms with Crippen LogP contribution in [0.25, 0.3) is 0 Å². The van der Waals surface area contributed by atoms with Gasteiger partial charge in [-0.2, -0.15) is 0 Å². The van der Waals surface area contributed by atoms with Crippen molar-refractivity contribution in [3.63, 3.8) is 0 Å². The molecule has 1 amide bonds. The minimum Gasteiger partial charge on any atom is -0.347 e. The number of hydrogen-bond acceptors (Lipinski definition) is 1. The van der Waals surface area contributed by atoms with E-state index in [0.29, 0.717) is 0 Å². The van der Waals surface area contributed by atoms with E-state index in [2.05, 4.69) is 38.2 Å². The molecule has 0 unspecified atom stereocenters. The number of carbonyl (C=O) groups is 1. The first-order valence-corrected chi connectivity index (χ1v) is 6.59. The zero-order valence-corrected chi connectivity index (χ0v) is 12.4. The Balaban J connectivity index is 2.87. The van der Waals surface area contributed by atoms with Crippen LogP contribution in [0.1, 0.15) is 63.9 Å². The molecule has 0 heterocycles. The highest BCUT2D eigenvalue weighted by Gasteiger charge is 2.19. The van der Waals surface area contributed by atoms with Crippen LogP contribution in [0.3, 0.4) is 0 Å². The first-order valence-electron chi connectivity index (χ1n) is 6.59. The first kappa shape index (κ1) is 14.7. The molecule has 0 saturated heterocycles. The minimum atomic E-state index is -0.196. The quantitative estimate of drug-likeness (QED) is 0.862. The van der Waals surface area contributed by atoms with E-state index >= 15 is 0 Å². The Bertz CT molecular complexity index is 410. The molecule has 0 spiro atoms. The molecule has 2 heteroatoms. The summed E-state index contributed by atoms with van der Waals surface area (Å²) >= 11 is 0. The number of carbonyl (C=O) groups excluding carboxylic acids is 1. The summed E-state index contributed by atoms with van der Waals surface area (Å²) in [6.07, 6.45) is 1.08. The molecule has 100 valence electrons. The monoisotopic (exact) mass is 247 g/mol. The fourth-order valence-corrected chi connectivity index (χ4v) is 1.69. The van der Waals surface area contributed by atoms with E-state index in [-0.39, 0.29) is 16.9 Å². The van der Waals surface area contributed by atoms with Gasteiger partial charge in [0.2, 0.25) is 0 Å². The van der Waals surface area contributed by atoms with E-state index in [1.165, 1.54) is 5.56 Å². The van der Waals surface area contributed by atoms with Crippen molar-refractivity contribution >= 4 is 5.91 Å². The molecule has 0 atom stereocenters. The summed E-state index contributed by atoms with van der Waals surface area (Å²) in [4.78, 5) is 12.0. The lowest BCUT2D eigenvalue weighted by atomic mass is 9.82. The predicted molar refractivity (Wildman–Crippen MR) is 77.0 cm³/mol. The van der Waals surface area contributed by atoms with Gasteiger partial charge >= 0.3 is 0 Å². The van der Waals surface area contributed by atoms with E-state index in [9.17, 15) is 4.79 Å². The van der Waals surface area contributed by atoms with Crippen LogP contribution in [0, 0.1) is 0 Å². The van der Waals surface area contributed by atoms with Crippen molar-refractivity contribution in [3.8, 4) is 0 Å². The largest absolute Gasteiger partial charge is 0.347 e. The first-order chi connectivity index (χ1) is 8.15. The molecule has 0 radical (unpaired) electrons. The highest BCUT2D eigenvalue weighted by atomic mass is 16.1. The van der Waals surface area contributed by atoms with Crippen LogP contribution < -0.4 is 5.32 Å². The zero-order valence-electron chi connectivity index (χ0n) is 12.4. The lowest BCUT2D eigenvalue weighted by Crippen LogP contribution is -2.40. The molecule has 0 aromatic heterocycles. The third-order valence-electron chi connectivity index (χ3n) is 3.30. The van der Waals surface area contributed by atoms with Crippen LogP contribution >= 0.6 is 0 Å². The number of benzene rings is 1. The molecule has 18 heavy (non-hydrogen) atoms. The lowest BCUT2D eigenvalue weighted by molar-refractivity contribution is 0.0919. The van der Waals surface area contributed by atoms with Gasteiger partial charge in [0.05, 0.1) is 0 Å². The number of rotatable bonds is 3. The van der Waals surface area contributed by atoms with Crippen molar-refractivity contribution in [2.45, 2.75) is 58.9 Å². The fraction of sp³-hybridized carbons (Fsp3) is 0.562. The van der Waals surface area contributed by atoms with Crippen molar-refractivity contribution in [2.24, 2.45) is 0 Å². The molecule has 0 aliphatic heterocycles. The van der Waals surface area contributed by atoms with Gasteiger partial charge in [-0.05, 0) is 50.3 Å². The van der Waals surface area contributed by atoms with Gasteiger partial charge in [0.1, 0.15) is 0 Å². The van der Waals surface area contributed by atoms with Crippen molar-refractivity contribution < 1.29 is 4.79 Å². The normalized spacial score (nSPS) is 12.3. The summed E-state index contributed by atoms with van der Waals surface area (Å²) in [7, 11) is 0. The predicted octanol–water partition coefficient (Wildman–Crippen LogP) is 3.90. The Morgan fingerprint density at radius 1 is 1.06 bits per heavy atom. The molecule has 0 aliphatic carbocycles. The van der Waals surface area contributed by atoms with E-state index in [1.807, 2.05) is 32.9 Å². The average molecular weight is 247 g/mol. The third-order valence-corrected chi connectivity index (χ3v) is 3.30. The molecule has 0 aliphatic rings. The highest BCUT2D eigenvalue weighted by Crippen LogP contribution is 2.26. The second-order valence-electron chi connectivity index (χ2n) is 6.52. The summed E-state index contributed by atoms with van der Waals surface area (Å²) in [5.74, 6) is -0.0108. The molecule has 0 fully saturated rings. The van der Waals surface area contributed by atoms with E-state index in [0.717, 1.165) is 12.0 Å². The smallest absolute Gasteiger partial charge is 0.251 e. The van der Waals surface area contributed by atoms with Gasteiger partial charge in [0.25, 0.3) is 5.91 Å². The Labute approximate surface area is 111 Å². The number of nitrogens with one attached hydrogen (secondary N) is 1. The van der Waals surface area contributed by atoms with Crippen LogP contribution in [-0.2, 0) is 5.41 Å². The van der Waals surface area contributed by atoms with Gasteiger partial charge in [-0.15, -0.1) is 0 Å². The summed E-state index contributed by atoms with van der Waals surface area (Å²) in [5.41, 5.74) is 1.97. The SMILES string of the molecule is CCC(C)(C)c1ccc(C(=O)NC(C)(C)C)cc1. The average Bonchev–Trinajstić information content (AvgIpc) is 2.27. The Morgan fingerprint density at radius 2 is 1.56 bits per heavy atom. The molecule has 2 nitrogen and oxygen atoms in total. The number of hydrogen-bond donors (Lipinski definition) is 1. The molecule has 1 aromatic carbocycles. The Morgan fingerprint density at radius 3 is 1.94 bits per heavy atom. The van der Waals surface area contributed by atoms with Crippen LogP contribution in [0.5, 0.6) is 0 Å². The van der Waals surface area contributed by atoms with E-state index < -0.39 is 0 Å². The molecule has 1 aromatic rings. The second kappa shape index (κ2) is 5.13. The third kappa shape index (κ3) is 3.86. The standard InChI is InChI=1S/C16H25NO/c1-7-16(5,6)13-10-8-12(9-11-13)14(18)17-15(2,3)4/h8-11H,7H2,1-6H3,(H,17,18). The van der Waals surface area contributed by atoms with Gasteiger partial charge < -0.3 is 5.32 Å². The van der Waals surface area contributed by atoms with Crippen LogP contribution in [-0.4, -0.2) is 11.4 Å². The second-order valence-corrected chi connectivity index (χ2v) is 6.52. The molecule has 1 N–H and O–H groups in total. The highest BCUT2D eigenvalue weighted by molar-refractivity contribution is 5.94. The summed E-state index contributed by atoms with van der Waals surface area (Å²) in [5, 5.41) is 2.97. The van der Waals surface area contributed by atoms with Crippen molar-refractivity contribution in [2.75, 3.05) is 0 Å². The molecule has 0 bridgehead atoms. The topological polar surface area (TPSA) is 29.1 Å². The van der Waals surface area contributed by atoms with Gasteiger partial charge in [-0.25, -0.2) is 0 Å². The minimum absolute atomic E-state index is 0.0108. The van der Waals surface area contributed by atoms with Gasteiger partial charge in [-0.3, -0.25) is 4.79 Å².